The maximum atomic E-state index is 2.63. The first-order chi connectivity index (χ1) is 21.1. The van der Waals surface area contributed by atoms with Gasteiger partial charge in [0.2, 0.25) is 6.71 Å². The van der Waals surface area contributed by atoms with Crippen LogP contribution < -0.4 is 10.9 Å². The molecule has 1 saturated carbocycles. The van der Waals surface area contributed by atoms with E-state index in [-0.39, 0.29) is 10.8 Å². The molecule has 1 heteroatoms. The van der Waals surface area contributed by atoms with E-state index in [2.05, 4.69) is 121 Å². The minimum absolute atomic E-state index is 0.0168. The monoisotopic (exact) mass is 572 g/mol. The fraction of sp³-hybridized carbons (Fsp3) is 0.395. The molecule has 4 aromatic rings. The summed E-state index contributed by atoms with van der Waals surface area (Å²) in [5, 5.41) is 0. The van der Waals surface area contributed by atoms with Gasteiger partial charge < -0.3 is 0 Å². The summed E-state index contributed by atoms with van der Waals surface area (Å²) in [6.07, 6.45) is 6.71. The second kappa shape index (κ2) is 8.69. The van der Waals surface area contributed by atoms with Crippen molar-refractivity contribution in [1.29, 1.82) is 0 Å². The molecule has 0 spiro atoms. The second-order valence-corrected chi connectivity index (χ2v) is 16.1. The molecule has 0 radical (unpaired) electrons. The quantitative estimate of drug-likeness (QED) is 0.199. The number of fused-ring (bicyclic) bond motifs is 8. The van der Waals surface area contributed by atoms with Gasteiger partial charge in [-0.15, -0.1) is 0 Å². The summed E-state index contributed by atoms with van der Waals surface area (Å²) in [4.78, 5) is 0. The molecule has 0 saturated heterocycles. The Morgan fingerprint density at radius 2 is 1.43 bits per heavy atom. The van der Waals surface area contributed by atoms with E-state index >= 15 is 0 Å². The predicted octanol–water partition coefficient (Wildman–Crippen LogP) is 9.91. The Kier molecular flexibility index (Phi) is 5.34. The molecule has 9 rings (SSSR count). The molecule has 0 bridgehead atoms. The van der Waals surface area contributed by atoms with Crippen molar-refractivity contribution in [3.8, 4) is 11.1 Å². The third-order valence-electron chi connectivity index (χ3n) is 13.7. The van der Waals surface area contributed by atoms with Crippen LogP contribution >= 0.6 is 0 Å². The molecule has 4 atom stereocenters. The van der Waals surface area contributed by atoms with Gasteiger partial charge in [-0.3, -0.25) is 0 Å². The first-order valence-electron chi connectivity index (χ1n) is 17.3. The summed E-state index contributed by atoms with van der Waals surface area (Å²) in [6.45, 7) is 17.8. The molecule has 4 aromatic carbocycles. The van der Waals surface area contributed by atoms with Gasteiger partial charge in [-0.2, -0.15) is 0 Å². The lowest BCUT2D eigenvalue weighted by atomic mass is 9.33. The van der Waals surface area contributed by atoms with Crippen LogP contribution in [0.25, 0.3) is 22.3 Å². The van der Waals surface area contributed by atoms with E-state index in [1.165, 1.54) is 65.5 Å². The highest BCUT2D eigenvalue weighted by atomic mass is 14.6. The summed E-state index contributed by atoms with van der Waals surface area (Å²) in [5.74, 6) is 0.870. The normalized spacial score (nSPS) is 28.6. The molecule has 0 nitrogen and oxygen atoms in total. The molecule has 1 aliphatic heterocycles. The molecule has 1 heterocycles. The lowest BCUT2D eigenvalue weighted by Gasteiger charge is -2.58. The van der Waals surface area contributed by atoms with E-state index in [9.17, 15) is 0 Å². The van der Waals surface area contributed by atoms with Crippen molar-refractivity contribution in [3.63, 3.8) is 0 Å². The summed E-state index contributed by atoms with van der Waals surface area (Å²) in [5.41, 5.74) is 22.3. The molecule has 5 aliphatic rings. The molecule has 4 unspecified atom stereocenters. The van der Waals surface area contributed by atoms with Crippen molar-refractivity contribution in [2.75, 3.05) is 0 Å². The summed E-state index contributed by atoms with van der Waals surface area (Å²) >= 11 is 0. The van der Waals surface area contributed by atoms with Crippen LogP contribution in [0.3, 0.4) is 0 Å². The maximum Gasteiger partial charge on any atom is 0.207 e. The lowest BCUT2D eigenvalue weighted by Crippen LogP contribution is -2.56. The van der Waals surface area contributed by atoms with E-state index in [0.717, 1.165) is 0 Å². The van der Waals surface area contributed by atoms with E-state index in [1.807, 2.05) is 0 Å². The highest BCUT2D eigenvalue weighted by molar-refractivity contribution is 6.86. The fourth-order valence-corrected chi connectivity index (χ4v) is 11.4. The number of aryl methyl sites for hydroxylation is 1. The molecular formula is C43H45B. The van der Waals surface area contributed by atoms with Crippen molar-refractivity contribution >= 4 is 28.8 Å². The van der Waals surface area contributed by atoms with Gasteiger partial charge in [0.25, 0.3) is 0 Å². The standard InChI is InChI=1S/C43H45B/c1-25-22-30(27-15-12-16-29-36(27)26(2)37-28-14-8-9-17-33(28)41(3,4)39(29)37)40-31(23-25)32-24-42(5)20-10-11-21-43(42,6)34-18-13-19-35(38(32)34)44(40)7/h8-9,12-19,22-23,26,32H,10-11,20-21,24H2,1-7H3. The maximum absolute atomic E-state index is 2.63. The van der Waals surface area contributed by atoms with E-state index in [0.29, 0.717) is 24.0 Å². The molecule has 1 fully saturated rings. The summed E-state index contributed by atoms with van der Waals surface area (Å²) in [6, 6.07) is 28.9. The zero-order valence-electron chi connectivity index (χ0n) is 27.7. The zero-order chi connectivity index (χ0) is 30.3. The van der Waals surface area contributed by atoms with Crippen LogP contribution in [0.5, 0.6) is 0 Å². The SMILES string of the molecule is CB1c2cccc3c2C(CC2(C)CCCCC32C)c2cc(C)cc(-c3cccc4c3C(C)C3=C4C(C)(C)c4ccccc43)c21. The van der Waals surface area contributed by atoms with Crippen molar-refractivity contribution in [2.45, 2.75) is 103 Å². The van der Waals surface area contributed by atoms with E-state index < -0.39 is 0 Å². The Balaban J connectivity index is 1.27. The van der Waals surface area contributed by atoms with Gasteiger partial charge in [-0.1, -0.05) is 144 Å². The van der Waals surface area contributed by atoms with Crippen LogP contribution in [0.2, 0.25) is 6.82 Å². The molecule has 4 aliphatic carbocycles. The molecular weight excluding hydrogens is 527 g/mol. The Morgan fingerprint density at radius 3 is 2.27 bits per heavy atom. The van der Waals surface area contributed by atoms with Gasteiger partial charge in [-0.05, 0) is 98.2 Å². The van der Waals surface area contributed by atoms with Crippen LogP contribution in [0.1, 0.15) is 123 Å². The highest BCUT2D eigenvalue weighted by Gasteiger charge is 2.55. The third kappa shape index (κ3) is 3.12. The first-order valence-corrected chi connectivity index (χ1v) is 17.3. The fourth-order valence-electron chi connectivity index (χ4n) is 11.4. The topological polar surface area (TPSA) is 0 Å². The number of hydrogen-bond donors (Lipinski definition) is 0. The van der Waals surface area contributed by atoms with Gasteiger partial charge >= 0.3 is 0 Å². The van der Waals surface area contributed by atoms with Crippen molar-refractivity contribution < 1.29 is 0 Å². The molecule has 44 heavy (non-hydrogen) atoms. The first kappa shape index (κ1) is 27.0. The second-order valence-electron chi connectivity index (χ2n) is 16.1. The van der Waals surface area contributed by atoms with Crippen molar-refractivity contribution in [3.05, 3.63) is 117 Å². The number of allylic oxidation sites excluding steroid dienone is 2. The minimum atomic E-state index is 0.0168. The lowest BCUT2D eigenvalue weighted by molar-refractivity contribution is 0.0603. The number of rotatable bonds is 1. The van der Waals surface area contributed by atoms with Crippen LogP contribution in [0.15, 0.2) is 72.8 Å². The number of hydrogen-bond acceptors (Lipinski definition) is 0. The molecule has 0 N–H and O–H groups in total. The Labute approximate surface area is 265 Å². The van der Waals surface area contributed by atoms with Gasteiger partial charge in [0, 0.05) is 17.3 Å². The zero-order valence-corrected chi connectivity index (χ0v) is 27.7. The smallest absolute Gasteiger partial charge is 0.0774 e. The van der Waals surface area contributed by atoms with Crippen LogP contribution in [-0.4, -0.2) is 6.71 Å². The van der Waals surface area contributed by atoms with Gasteiger partial charge in [0.05, 0.1) is 0 Å². The minimum Gasteiger partial charge on any atom is -0.0774 e. The van der Waals surface area contributed by atoms with Gasteiger partial charge in [-0.25, -0.2) is 0 Å². The Morgan fingerprint density at radius 1 is 0.727 bits per heavy atom. The van der Waals surface area contributed by atoms with Gasteiger partial charge in [0.1, 0.15) is 0 Å². The van der Waals surface area contributed by atoms with Crippen LogP contribution in [-0.2, 0) is 10.8 Å². The van der Waals surface area contributed by atoms with Crippen LogP contribution in [0, 0.1) is 12.3 Å². The number of benzene rings is 4. The van der Waals surface area contributed by atoms with E-state index in [4.69, 9.17) is 0 Å². The highest BCUT2D eigenvalue weighted by Crippen LogP contribution is 2.63. The van der Waals surface area contributed by atoms with Crippen LogP contribution in [0.4, 0.5) is 0 Å². The summed E-state index contributed by atoms with van der Waals surface area (Å²) in [7, 11) is 0. The van der Waals surface area contributed by atoms with Crippen molar-refractivity contribution in [2.24, 2.45) is 5.41 Å². The predicted molar refractivity (Wildman–Crippen MR) is 189 cm³/mol. The molecule has 0 aromatic heterocycles. The molecule has 220 valence electrons. The Bertz CT molecular complexity index is 1950. The van der Waals surface area contributed by atoms with Gasteiger partial charge in [0.15, 0.2) is 0 Å². The largest absolute Gasteiger partial charge is 0.207 e. The Hall–Kier alpha value is -3.32. The molecule has 0 amide bonds. The average Bonchev–Trinajstić information content (AvgIpc) is 3.45. The average molecular weight is 573 g/mol. The van der Waals surface area contributed by atoms with E-state index in [1.54, 1.807) is 44.3 Å². The summed E-state index contributed by atoms with van der Waals surface area (Å²) < 4.78 is 0. The van der Waals surface area contributed by atoms with Crippen molar-refractivity contribution in [1.82, 2.24) is 0 Å². The third-order valence-corrected chi connectivity index (χ3v) is 13.7.